The van der Waals surface area contributed by atoms with E-state index in [4.69, 9.17) is 0 Å². The zero-order valence-electron chi connectivity index (χ0n) is 13.5. The van der Waals surface area contributed by atoms with E-state index < -0.39 is 0 Å². The van der Waals surface area contributed by atoms with Crippen molar-refractivity contribution < 1.29 is 4.79 Å². The number of hydrogen-bond acceptors (Lipinski definition) is 5. The lowest BCUT2D eigenvalue weighted by atomic mass is 10.1. The standard InChI is InChI=1S/C15H27N5O/c1-12(2)6-8-17-15(21)13-10-19-14(11-18-13)16-7-5-9-20(3)4/h10-12H,5-9H2,1-4H3,(H,16,19)(H,17,21). The zero-order chi connectivity index (χ0) is 15.7. The van der Waals surface area contributed by atoms with Crippen LogP contribution in [0.1, 0.15) is 37.2 Å². The second-order valence-corrected chi connectivity index (χ2v) is 5.81. The van der Waals surface area contributed by atoms with E-state index in [0.717, 1.165) is 25.9 Å². The molecular formula is C15H27N5O. The summed E-state index contributed by atoms with van der Waals surface area (Å²) in [6, 6.07) is 0. The van der Waals surface area contributed by atoms with Crippen LogP contribution in [0, 0.1) is 5.92 Å². The predicted octanol–water partition coefficient (Wildman–Crippen LogP) is 1.62. The topological polar surface area (TPSA) is 70.2 Å². The second kappa shape index (κ2) is 9.28. The van der Waals surface area contributed by atoms with Gasteiger partial charge in [0.25, 0.3) is 5.91 Å². The summed E-state index contributed by atoms with van der Waals surface area (Å²) in [7, 11) is 4.10. The fraction of sp³-hybridized carbons (Fsp3) is 0.667. The molecule has 0 aliphatic rings. The van der Waals surface area contributed by atoms with Crippen molar-refractivity contribution in [3.8, 4) is 0 Å². The minimum absolute atomic E-state index is 0.165. The molecule has 118 valence electrons. The summed E-state index contributed by atoms with van der Waals surface area (Å²) in [5, 5.41) is 6.04. The van der Waals surface area contributed by atoms with Crippen LogP contribution in [0.3, 0.4) is 0 Å². The van der Waals surface area contributed by atoms with E-state index in [2.05, 4.69) is 39.3 Å². The lowest BCUT2D eigenvalue weighted by Gasteiger charge is -2.10. The van der Waals surface area contributed by atoms with Crippen molar-refractivity contribution in [2.45, 2.75) is 26.7 Å². The van der Waals surface area contributed by atoms with Gasteiger partial charge in [0.05, 0.1) is 12.4 Å². The minimum atomic E-state index is -0.165. The SMILES string of the molecule is CC(C)CCNC(=O)c1cnc(NCCCN(C)C)cn1. The van der Waals surface area contributed by atoms with Crippen LogP contribution >= 0.6 is 0 Å². The Hall–Kier alpha value is -1.69. The van der Waals surface area contributed by atoms with Gasteiger partial charge in [-0.3, -0.25) is 4.79 Å². The number of nitrogens with zero attached hydrogens (tertiary/aromatic N) is 3. The maximum absolute atomic E-state index is 11.8. The van der Waals surface area contributed by atoms with Gasteiger partial charge in [-0.05, 0) is 39.4 Å². The summed E-state index contributed by atoms with van der Waals surface area (Å²) < 4.78 is 0. The Morgan fingerprint density at radius 3 is 2.57 bits per heavy atom. The Labute approximate surface area is 127 Å². The molecule has 1 heterocycles. The van der Waals surface area contributed by atoms with Gasteiger partial charge in [0.2, 0.25) is 0 Å². The predicted molar refractivity (Wildman–Crippen MR) is 85.5 cm³/mol. The molecule has 0 radical (unpaired) electrons. The zero-order valence-corrected chi connectivity index (χ0v) is 13.5. The number of anilines is 1. The molecule has 0 aliphatic carbocycles. The summed E-state index contributed by atoms with van der Waals surface area (Å²) in [5.41, 5.74) is 0.359. The lowest BCUT2D eigenvalue weighted by Crippen LogP contribution is -2.26. The normalized spacial score (nSPS) is 11.0. The molecule has 6 heteroatoms. The van der Waals surface area contributed by atoms with Gasteiger partial charge in [0.1, 0.15) is 11.5 Å². The fourth-order valence-corrected chi connectivity index (χ4v) is 1.71. The molecule has 0 saturated carbocycles. The van der Waals surface area contributed by atoms with Crippen LogP contribution in [0.15, 0.2) is 12.4 Å². The van der Waals surface area contributed by atoms with Gasteiger partial charge in [-0.15, -0.1) is 0 Å². The van der Waals surface area contributed by atoms with Crippen molar-refractivity contribution >= 4 is 11.7 Å². The number of rotatable bonds is 9. The monoisotopic (exact) mass is 293 g/mol. The third-order valence-corrected chi connectivity index (χ3v) is 2.98. The van der Waals surface area contributed by atoms with Gasteiger partial charge in [-0.2, -0.15) is 0 Å². The first kappa shape index (κ1) is 17.4. The average Bonchev–Trinajstić information content (AvgIpc) is 2.43. The van der Waals surface area contributed by atoms with E-state index in [1.54, 1.807) is 6.20 Å². The molecule has 1 rings (SSSR count). The van der Waals surface area contributed by atoms with E-state index in [1.165, 1.54) is 6.20 Å². The number of hydrogen-bond donors (Lipinski definition) is 2. The van der Waals surface area contributed by atoms with Gasteiger partial charge in [0, 0.05) is 13.1 Å². The molecule has 6 nitrogen and oxygen atoms in total. The van der Waals surface area contributed by atoms with Gasteiger partial charge in [-0.1, -0.05) is 13.8 Å². The highest BCUT2D eigenvalue weighted by molar-refractivity contribution is 5.91. The molecule has 0 aromatic carbocycles. The molecular weight excluding hydrogens is 266 g/mol. The first-order chi connectivity index (χ1) is 9.99. The van der Waals surface area contributed by atoms with Crippen molar-refractivity contribution in [1.29, 1.82) is 0 Å². The molecule has 0 aliphatic heterocycles. The maximum Gasteiger partial charge on any atom is 0.271 e. The number of nitrogens with one attached hydrogen (secondary N) is 2. The van der Waals surface area contributed by atoms with Crippen molar-refractivity contribution in [2.75, 3.05) is 39.0 Å². The highest BCUT2D eigenvalue weighted by atomic mass is 16.1. The highest BCUT2D eigenvalue weighted by Crippen LogP contribution is 2.02. The third kappa shape index (κ3) is 7.60. The highest BCUT2D eigenvalue weighted by Gasteiger charge is 2.07. The first-order valence-electron chi connectivity index (χ1n) is 7.48. The van der Waals surface area contributed by atoms with E-state index in [9.17, 15) is 4.79 Å². The molecule has 1 amide bonds. The summed E-state index contributed by atoms with van der Waals surface area (Å²) >= 11 is 0. The molecule has 2 N–H and O–H groups in total. The molecule has 0 bridgehead atoms. The van der Waals surface area contributed by atoms with Crippen LogP contribution in [0.25, 0.3) is 0 Å². The number of amides is 1. The van der Waals surface area contributed by atoms with Crippen molar-refractivity contribution in [3.05, 3.63) is 18.1 Å². The van der Waals surface area contributed by atoms with E-state index in [0.29, 0.717) is 24.0 Å². The van der Waals surface area contributed by atoms with Gasteiger partial charge >= 0.3 is 0 Å². The van der Waals surface area contributed by atoms with Crippen molar-refractivity contribution in [3.63, 3.8) is 0 Å². The fourth-order valence-electron chi connectivity index (χ4n) is 1.71. The number of carbonyl (C=O) groups is 1. The molecule has 0 atom stereocenters. The van der Waals surface area contributed by atoms with Crippen LogP contribution in [-0.4, -0.2) is 54.5 Å². The summed E-state index contributed by atoms with van der Waals surface area (Å²) in [6.07, 6.45) is 5.11. The molecule has 1 aromatic rings. The van der Waals surface area contributed by atoms with E-state index >= 15 is 0 Å². The quantitative estimate of drug-likeness (QED) is 0.677. The Balaban J connectivity index is 2.34. The van der Waals surface area contributed by atoms with Gasteiger partial charge < -0.3 is 15.5 Å². The Morgan fingerprint density at radius 2 is 2.00 bits per heavy atom. The molecule has 0 fully saturated rings. The van der Waals surface area contributed by atoms with Gasteiger partial charge in [-0.25, -0.2) is 9.97 Å². The second-order valence-electron chi connectivity index (χ2n) is 5.81. The smallest absolute Gasteiger partial charge is 0.271 e. The molecule has 21 heavy (non-hydrogen) atoms. The Bertz CT molecular complexity index is 417. The van der Waals surface area contributed by atoms with E-state index in [-0.39, 0.29) is 5.91 Å². The molecule has 0 spiro atoms. The first-order valence-corrected chi connectivity index (χ1v) is 7.48. The molecule has 0 unspecified atom stereocenters. The summed E-state index contributed by atoms with van der Waals surface area (Å²) in [6.45, 7) is 6.79. The third-order valence-electron chi connectivity index (χ3n) is 2.98. The van der Waals surface area contributed by atoms with Crippen molar-refractivity contribution in [1.82, 2.24) is 20.2 Å². The van der Waals surface area contributed by atoms with Crippen molar-refractivity contribution in [2.24, 2.45) is 5.92 Å². The van der Waals surface area contributed by atoms with Crippen LogP contribution in [0.4, 0.5) is 5.82 Å². The Morgan fingerprint density at radius 1 is 1.24 bits per heavy atom. The minimum Gasteiger partial charge on any atom is -0.369 e. The largest absolute Gasteiger partial charge is 0.369 e. The average molecular weight is 293 g/mol. The maximum atomic E-state index is 11.8. The van der Waals surface area contributed by atoms with Gasteiger partial charge in [0.15, 0.2) is 0 Å². The van der Waals surface area contributed by atoms with Crippen LogP contribution in [0.5, 0.6) is 0 Å². The Kier molecular flexibility index (Phi) is 7.68. The lowest BCUT2D eigenvalue weighted by molar-refractivity contribution is 0.0946. The summed E-state index contributed by atoms with van der Waals surface area (Å²) in [4.78, 5) is 22.3. The number of aromatic nitrogens is 2. The van der Waals surface area contributed by atoms with Crippen LogP contribution < -0.4 is 10.6 Å². The van der Waals surface area contributed by atoms with Crippen LogP contribution in [0.2, 0.25) is 0 Å². The molecule has 0 saturated heterocycles. The van der Waals surface area contributed by atoms with Crippen LogP contribution in [-0.2, 0) is 0 Å². The number of carbonyl (C=O) groups excluding carboxylic acids is 1. The molecule has 1 aromatic heterocycles. The summed E-state index contributed by atoms with van der Waals surface area (Å²) in [5.74, 6) is 1.11. The van der Waals surface area contributed by atoms with E-state index in [1.807, 2.05) is 14.1 Å².